The Bertz CT molecular complexity index is 962. The molecule has 1 unspecified atom stereocenters. The molecule has 152 valence electrons. The van der Waals surface area contributed by atoms with Gasteiger partial charge in [0.05, 0.1) is 31.2 Å². The normalized spacial score (nSPS) is 14.4. The fourth-order valence-corrected chi connectivity index (χ4v) is 4.19. The minimum atomic E-state index is -1.06. The second kappa shape index (κ2) is 8.52. The Hall–Kier alpha value is -1.79. The lowest BCUT2D eigenvalue weighted by Crippen LogP contribution is -2.48. The number of carbonyl (C=O) groups excluding carboxylic acids is 3. The maximum atomic E-state index is 13.1. The van der Waals surface area contributed by atoms with Gasteiger partial charge in [-0.2, -0.15) is 0 Å². The Morgan fingerprint density at radius 1 is 0.897 bits per heavy atom. The number of fused-ring (bicyclic) bond motifs is 1. The molecule has 0 spiro atoms. The molecule has 9 heteroatoms. The Morgan fingerprint density at radius 2 is 1.38 bits per heavy atom. The van der Waals surface area contributed by atoms with E-state index in [-0.39, 0.29) is 43.6 Å². The van der Waals surface area contributed by atoms with Gasteiger partial charge in [0.2, 0.25) is 5.91 Å². The van der Waals surface area contributed by atoms with Crippen molar-refractivity contribution < 1.29 is 14.4 Å². The number of carbonyl (C=O) groups is 3. The molecule has 2 aromatic carbocycles. The molecule has 2 aromatic rings. The van der Waals surface area contributed by atoms with Gasteiger partial charge < -0.3 is 5.32 Å². The van der Waals surface area contributed by atoms with Crippen LogP contribution >= 0.6 is 46.4 Å². The van der Waals surface area contributed by atoms with E-state index in [0.717, 1.165) is 4.90 Å². The highest BCUT2D eigenvalue weighted by atomic mass is 35.5. The van der Waals surface area contributed by atoms with Gasteiger partial charge in [-0.1, -0.05) is 78.5 Å². The molecule has 1 atom stereocenters. The third-order valence-electron chi connectivity index (χ3n) is 4.48. The highest BCUT2D eigenvalue weighted by Gasteiger charge is 2.46. The third kappa shape index (κ3) is 3.97. The molecule has 0 radical (unpaired) electrons. The van der Waals surface area contributed by atoms with E-state index >= 15 is 0 Å². The number of hydrogen-bond acceptors (Lipinski definition) is 3. The molecule has 1 N–H and O–H groups in total. The van der Waals surface area contributed by atoms with Crippen molar-refractivity contribution >= 4 is 69.8 Å². The lowest BCUT2D eigenvalue weighted by molar-refractivity contribution is -0.120. The SMILES string of the molecule is CC(C)CC(C(=O)Nc1ccccc1)N1C(=O)c2c(Cl)c(Cl)c(Cl)c(Cl)c2C1=O. The summed E-state index contributed by atoms with van der Waals surface area (Å²) < 4.78 is 0. The van der Waals surface area contributed by atoms with Crippen LogP contribution in [0, 0.1) is 5.92 Å². The van der Waals surface area contributed by atoms with Crippen LogP contribution in [0.5, 0.6) is 0 Å². The van der Waals surface area contributed by atoms with E-state index < -0.39 is 23.8 Å². The summed E-state index contributed by atoms with van der Waals surface area (Å²) in [4.78, 5) is 40.1. The first-order valence-corrected chi connectivity index (χ1v) is 10.3. The molecule has 0 aliphatic carbocycles. The number of nitrogens with one attached hydrogen (secondary N) is 1. The van der Waals surface area contributed by atoms with Crippen LogP contribution in [0.15, 0.2) is 30.3 Å². The quantitative estimate of drug-likeness (QED) is 0.331. The minimum Gasteiger partial charge on any atom is -0.324 e. The number of rotatable bonds is 5. The van der Waals surface area contributed by atoms with Crippen LogP contribution in [0.2, 0.25) is 20.1 Å². The number of para-hydroxylation sites is 1. The molecule has 29 heavy (non-hydrogen) atoms. The Morgan fingerprint density at radius 3 is 1.83 bits per heavy atom. The molecule has 1 aliphatic rings. The number of anilines is 1. The summed E-state index contributed by atoms with van der Waals surface area (Å²) in [7, 11) is 0. The lowest BCUT2D eigenvalue weighted by Gasteiger charge is -2.26. The second-order valence-corrected chi connectivity index (χ2v) is 8.50. The molecule has 3 amide bonds. The van der Waals surface area contributed by atoms with Crippen LogP contribution in [0.4, 0.5) is 5.69 Å². The van der Waals surface area contributed by atoms with Crippen LogP contribution in [-0.2, 0) is 4.79 Å². The molecule has 0 aromatic heterocycles. The molecule has 1 aliphatic heterocycles. The first-order chi connectivity index (χ1) is 13.6. The summed E-state index contributed by atoms with van der Waals surface area (Å²) in [6.45, 7) is 3.77. The molecule has 0 bridgehead atoms. The highest BCUT2D eigenvalue weighted by molar-refractivity contribution is 6.55. The monoisotopic (exact) mass is 472 g/mol. The van der Waals surface area contributed by atoms with Gasteiger partial charge in [0.1, 0.15) is 6.04 Å². The number of benzene rings is 2. The summed E-state index contributed by atoms with van der Waals surface area (Å²) in [5.41, 5.74) is 0.264. The van der Waals surface area contributed by atoms with Gasteiger partial charge in [0, 0.05) is 5.69 Å². The van der Waals surface area contributed by atoms with E-state index in [1.165, 1.54) is 0 Å². The Labute approximate surface area is 187 Å². The summed E-state index contributed by atoms with van der Waals surface area (Å²) >= 11 is 24.5. The first-order valence-electron chi connectivity index (χ1n) is 8.74. The summed E-state index contributed by atoms with van der Waals surface area (Å²) in [5, 5.41) is 2.18. The average molecular weight is 474 g/mol. The highest BCUT2D eigenvalue weighted by Crippen LogP contribution is 2.45. The summed E-state index contributed by atoms with van der Waals surface area (Å²) in [6.07, 6.45) is 0.251. The molecule has 1 heterocycles. The van der Waals surface area contributed by atoms with Crippen molar-refractivity contribution in [3.63, 3.8) is 0 Å². The van der Waals surface area contributed by atoms with Gasteiger partial charge in [-0.05, 0) is 24.5 Å². The number of imide groups is 1. The largest absolute Gasteiger partial charge is 0.324 e. The maximum Gasteiger partial charge on any atom is 0.263 e. The zero-order valence-corrected chi connectivity index (χ0v) is 18.5. The smallest absolute Gasteiger partial charge is 0.263 e. The number of halogens is 4. The molecular weight excluding hydrogens is 458 g/mol. The van der Waals surface area contributed by atoms with Crippen molar-refractivity contribution in [1.82, 2.24) is 4.90 Å². The van der Waals surface area contributed by atoms with E-state index in [1.54, 1.807) is 24.3 Å². The van der Waals surface area contributed by atoms with Crippen LogP contribution < -0.4 is 5.32 Å². The molecule has 0 saturated heterocycles. The number of nitrogens with zero attached hydrogens (tertiary/aromatic N) is 1. The van der Waals surface area contributed by atoms with Crippen LogP contribution in [0.25, 0.3) is 0 Å². The van der Waals surface area contributed by atoms with Gasteiger partial charge in [0.25, 0.3) is 11.8 Å². The van der Waals surface area contributed by atoms with Crippen molar-refractivity contribution in [2.24, 2.45) is 5.92 Å². The van der Waals surface area contributed by atoms with Crippen LogP contribution in [0.3, 0.4) is 0 Å². The first kappa shape index (κ1) is 21.9. The van der Waals surface area contributed by atoms with Gasteiger partial charge in [-0.15, -0.1) is 0 Å². The van der Waals surface area contributed by atoms with Gasteiger partial charge >= 0.3 is 0 Å². The van der Waals surface area contributed by atoms with E-state index in [2.05, 4.69) is 5.32 Å². The second-order valence-electron chi connectivity index (χ2n) is 6.99. The minimum absolute atomic E-state index is 0.0176. The van der Waals surface area contributed by atoms with E-state index in [0.29, 0.717) is 5.69 Å². The van der Waals surface area contributed by atoms with Crippen molar-refractivity contribution in [3.05, 3.63) is 61.5 Å². The van der Waals surface area contributed by atoms with Crippen LogP contribution in [-0.4, -0.2) is 28.7 Å². The van der Waals surface area contributed by atoms with E-state index in [1.807, 2.05) is 19.9 Å². The molecule has 0 saturated carbocycles. The van der Waals surface area contributed by atoms with Crippen molar-refractivity contribution in [1.29, 1.82) is 0 Å². The van der Waals surface area contributed by atoms with Crippen molar-refractivity contribution in [2.45, 2.75) is 26.3 Å². The average Bonchev–Trinajstić information content (AvgIpc) is 2.94. The van der Waals surface area contributed by atoms with E-state index in [4.69, 9.17) is 46.4 Å². The molecular formula is C20H16Cl4N2O3. The number of amides is 3. The fraction of sp³-hybridized carbons (Fsp3) is 0.250. The topological polar surface area (TPSA) is 66.5 Å². The van der Waals surface area contributed by atoms with Crippen molar-refractivity contribution in [2.75, 3.05) is 5.32 Å². The molecule has 5 nitrogen and oxygen atoms in total. The third-order valence-corrected chi connectivity index (χ3v) is 6.28. The van der Waals surface area contributed by atoms with E-state index in [9.17, 15) is 14.4 Å². The lowest BCUT2D eigenvalue weighted by atomic mass is 10.0. The predicted octanol–water partition coefficient (Wildman–Crippen LogP) is 5.95. The standard InChI is InChI=1S/C20H16Cl4N2O3/c1-9(2)8-11(18(27)25-10-6-4-3-5-7-10)26-19(28)12-13(20(26)29)15(22)17(24)16(23)14(12)21/h3-7,9,11H,8H2,1-2H3,(H,25,27). The molecule has 3 rings (SSSR count). The van der Waals surface area contributed by atoms with Crippen molar-refractivity contribution in [3.8, 4) is 0 Å². The van der Waals surface area contributed by atoms with Gasteiger partial charge in [0.15, 0.2) is 0 Å². The van der Waals surface area contributed by atoms with Gasteiger partial charge in [-0.3, -0.25) is 19.3 Å². The predicted molar refractivity (Wildman–Crippen MR) is 115 cm³/mol. The summed E-state index contributed by atoms with van der Waals surface area (Å²) in [6, 6.07) is 7.69. The maximum absolute atomic E-state index is 13.1. The fourth-order valence-electron chi connectivity index (χ4n) is 3.17. The van der Waals surface area contributed by atoms with Gasteiger partial charge in [-0.25, -0.2) is 0 Å². The number of hydrogen-bond donors (Lipinski definition) is 1. The Kier molecular flexibility index (Phi) is 6.44. The van der Waals surface area contributed by atoms with Crippen LogP contribution in [0.1, 0.15) is 41.0 Å². The summed E-state index contributed by atoms with van der Waals surface area (Å²) in [5.74, 6) is -1.94. The Balaban J connectivity index is 2.04. The zero-order chi connectivity index (χ0) is 21.5. The zero-order valence-electron chi connectivity index (χ0n) is 15.4. The molecule has 0 fully saturated rings.